The molecule has 0 bridgehead atoms. The van der Waals surface area contributed by atoms with Crippen molar-refractivity contribution < 1.29 is 0 Å². The maximum atomic E-state index is 11.7. The Morgan fingerprint density at radius 1 is 1.22 bits per heavy atom. The van der Waals surface area contributed by atoms with Gasteiger partial charge in [0.1, 0.15) is 0 Å². The summed E-state index contributed by atoms with van der Waals surface area (Å²) in [6, 6.07) is 10.2. The lowest BCUT2D eigenvalue weighted by Gasteiger charge is -2.11. The van der Waals surface area contributed by atoms with Crippen LogP contribution in [-0.2, 0) is 0 Å². The minimum Gasteiger partial charge on any atom is -0.301 e. The Balaban J connectivity index is 2.22. The average molecular weight is 260 g/mol. The van der Waals surface area contributed by atoms with E-state index in [2.05, 4.69) is 29.0 Å². The molecular weight excluding hydrogens is 244 g/mol. The van der Waals surface area contributed by atoms with Crippen molar-refractivity contribution in [3.8, 4) is 0 Å². The fourth-order valence-corrected chi connectivity index (χ4v) is 2.60. The maximum Gasteiger partial charge on any atom is 0.254 e. The van der Waals surface area contributed by atoms with Crippen molar-refractivity contribution in [2.24, 2.45) is 0 Å². The molecule has 1 N–H and O–H groups in total. The lowest BCUT2D eigenvalue weighted by Crippen LogP contribution is -2.14. The van der Waals surface area contributed by atoms with Crippen molar-refractivity contribution in [2.75, 3.05) is 0 Å². The van der Waals surface area contributed by atoms with Crippen LogP contribution in [0.4, 0.5) is 0 Å². The fourth-order valence-electron chi connectivity index (χ4n) is 1.63. The van der Waals surface area contributed by atoms with Crippen molar-refractivity contribution in [1.29, 1.82) is 0 Å². The number of aryl methyl sites for hydroxylation is 1. The number of thioether (sulfide) groups is 1. The van der Waals surface area contributed by atoms with Crippen LogP contribution in [-0.4, -0.2) is 9.97 Å². The van der Waals surface area contributed by atoms with Crippen LogP contribution in [0.15, 0.2) is 40.3 Å². The van der Waals surface area contributed by atoms with E-state index in [4.69, 9.17) is 0 Å². The summed E-state index contributed by atoms with van der Waals surface area (Å²) in [5.74, 6) is 0. The maximum absolute atomic E-state index is 11.7. The van der Waals surface area contributed by atoms with Crippen molar-refractivity contribution in [3.63, 3.8) is 0 Å². The molecule has 0 amide bonds. The summed E-state index contributed by atoms with van der Waals surface area (Å²) >= 11 is 1.57. The summed E-state index contributed by atoms with van der Waals surface area (Å²) < 4.78 is 0. The summed E-state index contributed by atoms with van der Waals surface area (Å²) in [5.41, 5.74) is 2.65. The molecule has 2 aromatic rings. The molecule has 0 unspecified atom stereocenters. The molecule has 0 aliphatic rings. The second kappa shape index (κ2) is 5.40. The van der Waals surface area contributed by atoms with Crippen molar-refractivity contribution in [1.82, 2.24) is 9.97 Å². The topological polar surface area (TPSA) is 45.8 Å². The zero-order chi connectivity index (χ0) is 13.1. The molecule has 1 heterocycles. The number of H-pyrrole nitrogens is 1. The second-order valence-corrected chi connectivity index (χ2v) is 5.58. The molecule has 18 heavy (non-hydrogen) atoms. The number of hydrogen-bond acceptors (Lipinski definition) is 3. The molecule has 0 aliphatic heterocycles. The van der Waals surface area contributed by atoms with E-state index in [-0.39, 0.29) is 10.8 Å². The van der Waals surface area contributed by atoms with Gasteiger partial charge in [0.15, 0.2) is 5.16 Å². The Kier molecular flexibility index (Phi) is 3.87. The molecule has 1 aromatic heterocycles. The van der Waals surface area contributed by atoms with Gasteiger partial charge in [0.2, 0.25) is 0 Å². The predicted octanol–water partition coefficient (Wildman–Crippen LogP) is 3.24. The number of nitrogens with zero attached hydrogens (tertiary/aromatic N) is 1. The lowest BCUT2D eigenvalue weighted by molar-refractivity contribution is 0.877. The highest BCUT2D eigenvalue weighted by Crippen LogP contribution is 2.32. The van der Waals surface area contributed by atoms with Gasteiger partial charge >= 0.3 is 0 Å². The summed E-state index contributed by atoms with van der Waals surface area (Å²) in [4.78, 5) is 18.9. The molecule has 0 saturated heterocycles. The first-order valence-corrected chi connectivity index (χ1v) is 6.75. The molecule has 2 rings (SSSR count). The standard InChI is InChI=1S/C14H16N2OS/c1-9-10(2)15-14(16-13(9)17)18-11(3)12-7-5-4-6-8-12/h4-8,11H,1-3H3,(H,15,16,17)/t11-/m1/s1. The Morgan fingerprint density at radius 2 is 1.89 bits per heavy atom. The molecule has 1 aromatic carbocycles. The Hall–Kier alpha value is -1.55. The van der Waals surface area contributed by atoms with Gasteiger partial charge in [0, 0.05) is 16.5 Å². The SMILES string of the molecule is Cc1nc(S[C@H](C)c2ccccc2)[nH]c(=O)c1C. The highest BCUT2D eigenvalue weighted by molar-refractivity contribution is 7.99. The third-order valence-corrected chi connectivity index (χ3v) is 3.97. The van der Waals surface area contributed by atoms with Gasteiger partial charge in [-0.15, -0.1) is 0 Å². The summed E-state index contributed by atoms with van der Waals surface area (Å²) in [5, 5.41) is 0.941. The molecule has 0 radical (unpaired) electrons. The van der Waals surface area contributed by atoms with E-state index < -0.39 is 0 Å². The summed E-state index contributed by atoms with van der Waals surface area (Å²) in [7, 11) is 0. The van der Waals surface area contributed by atoms with E-state index in [0.717, 1.165) is 5.69 Å². The number of nitrogens with one attached hydrogen (secondary N) is 1. The minimum atomic E-state index is -0.0507. The summed E-state index contributed by atoms with van der Waals surface area (Å²) in [6.07, 6.45) is 0. The van der Waals surface area contributed by atoms with Crippen LogP contribution >= 0.6 is 11.8 Å². The zero-order valence-corrected chi connectivity index (χ0v) is 11.5. The first-order valence-electron chi connectivity index (χ1n) is 5.87. The van der Waals surface area contributed by atoms with E-state index in [1.165, 1.54) is 5.56 Å². The number of benzene rings is 1. The molecule has 0 spiro atoms. The number of aromatic amines is 1. The van der Waals surface area contributed by atoms with Crippen molar-refractivity contribution in [3.05, 3.63) is 57.5 Å². The van der Waals surface area contributed by atoms with Gasteiger partial charge in [-0.1, -0.05) is 42.1 Å². The van der Waals surface area contributed by atoms with Crippen LogP contribution in [0.25, 0.3) is 0 Å². The largest absolute Gasteiger partial charge is 0.301 e. The van der Waals surface area contributed by atoms with E-state index in [0.29, 0.717) is 10.7 Å². The second-order valence-electron chi connectivity index (χ2n) is 4.25. The van der Waals surface area contributed by atoms with Gasteiger partial charge in [-0.3, -0.25) is 4.79 Å². The molecular formula is C14H16N2OS. The Labute approximate surface area is 111 Å². The fraction of sp³-hybridized carbons (Fsp3) is 0.286. The van der Waals surface area contributed by atoms with Gasteiger partial charge in [-0.25, -0.2) is 4.98 Å². The zero-order valence-electron chi connectivity index (χ0n) is 10.7. The van der Waals surface area contributed by atoms with Crippen molar-refractivity contribution in [2.45, 2.75) is 31.2 Å². The van der Waals surface area contributed by atoms with Crippen LogP contribution in [0.1, 0.15) is 29.0 Å². The van der Waals surface area contributed by atoms with Gasteiger partial charge in [-0.05, 0) is 26.3 Å². The molecule has 3 nitrogen and oxygen atoms in total. The van der Waals surface area contributed by atoms with Gasteiger partial charge in [-0.2, -0.15) is 0 Å². The monoisotopic (exact) mass is 260 g/mol. The molecule has 94 valence electrons. The van der Waals surface area contributed by atoms with E-state index in [1.54, 1.807) is 18.7 Å². The average Bonchev–Trinajstić information content (AvgIpc) is 2.37. The van der Waals surface area contributed by atoms with E-state index in [9.17, 15) is 4.79 Å². The third kappa shape index (κ3) is 2.82. The normalized spacial score (nSPS) is 12.4. The molecule has 0 fully saturated rings. The van der Waals surface area contributed by atoms with Crippen LogP contribution in [0.3, 0.4) is 0 Å². The molecule has 1 atom stereocenters. The molecule has 4 heteroatoms. The third-order valence-electron chi connectivity index (χ3n) is 2.93. The molecule has 0 saturated carbocycles. The smallest absolute Gasteiger partial charge is 0.254 e. The number of rotatable bonds is 3. The lowest BCUT2D eigenvalue weighted by atomic mass is 10.2. The Morgan fingerprint density at radius 3 is 2.50 bits per heavy atom. The van der Waals surface area contributed by atoms with Crippen LogP contribution < -0.4 is 5.56 Å². The highest BCUT2D eigenvalue weighted by atomic mass is 32.2. The Bertz CT molecular complexity index is 592. The number of aromatic nitrogens is 2. The van der Waals surface area contributed by atoms with Gasteiger partial charge in [0.05, 0.1) is 0 Å². The first kappa shape index (κ1) is 12.9. The first-order chi connectivity index (χ1) is 8.58. The predicted molar refractivity (Wildman–Crippen MR) is 75.0 cm³/mol. The van der Waals surface area contributed by atoms with E-state index >= 15 is 0 Å². The van der Waals surface area contributed by atoms with Gasteiger partial charge < -0.3 is 4.98 Å². The van der Waals surface area contributed by atoms with E-state index in [1.807, 2.05) is 25.1 Å². The van der Waals surface area contributed by atoms with Crippen LogP contribution in [0.2, 0.25) is 0 Å². The highest BCUT2D eigenvalue weighted by Gasteiger charge is 2.10. The van der Waals surface area contributed by atoms with Gasteiger partial charge in [0.25, 0.3) is 5.56 Å². The quantitative estimate of drug-likeness (QED) is 0.680. The van der Waals surface area contributed by atoms with Crippen LogP contribution in [0.5, 0.6) is 0 Å². The molecule has 0 aliphatic carbocycles. The summed E-state index contributed by atoms with van der Waals surface area (Å²) in [6.45, 7) is 5.76. The minimum absolute atomic E-state index is 0.0507. The number of hydrogen-bond donors (Lipinski definition) is 1. The van der Waals surface area contributed by atoms with Crippen molar-refractivity contribution >= 4 is 11.8 Å². The van der Waals surface area contributed by atoms with Crippen LogP contribution in [0, 0.1) is 13.8 Å².